The number of ether oxygens (including phenoxy) is 3. The minimum absolute atomic E-state index is 0.0735. The molecule has 0 spiro atoms. The average molecular weight is 873 g/mol. The van der Waals surface area contributed by atoms with E-state index in [1.165, 1.54) is 186 Å². The fourth-order valence-electron chi connectivity index (χ4n) is 8.01. The zero-order valence-electron chi connectivity index (χ0n) is 41.7. The van der Waals surface area contributed by atoms with Gasteiger partial charge in [0.2, 0.25) is 0 Å². The van der Waals surface area contributed by atoms with Crippen LogP contribution in [0.2, 0.25) is 0 Å². The Labute approximate surface area is 385 Å². The number of rotatable bonds is 50. The standard InChI is InChI=1S/C56H104O6/c1-4-7-10-13-16-19-22-24-25-26-27-28-29-30-31-32-35-37-40-43-46-49-55(58)61-52-53(51-60-54(57)48-45-42-39-36-33-21-18-15-12-9-6-3)62-56(59)50-47-44-41-38-34-23-20-17-14-11-8-5-2/h15,17-18,20,53H,4-14,16,19,21-52H2,1-3H3/b18-15-,20-17-. The summed E-state index contributed by atoms with van der Waals surface area (Å²) in [4.78, 5) is 37.9. The van der Waals surface area contributed by atoms with E-state index in [2.05, 4.69) is 45.1 Å². The van der Waals surface area contributed by atoms with Crippen molar-refractivity contribution in [3.63, 3.8) is 0 Å². The molecular formula is C56H104O6. The van der Waals surface area contributed by atoms with E-state index < -0.39 is 6.10 Å². The first kappa shape index (κ1) is 59.9. The highest BCUT2D eigenvalue weighted by atomic mass is 16.6. The van der Waals surface area contributed by atoms with Gasteiger partial charge in [-0.2, -0.15) is 0 Å². The van der Waals surface area contributed by atoms with Crippen LogP contribution in [0.1, 0.15) is 297 Å². The Morgan fingerprint density at radius 2 is 0.548 bits per heavy atom. The third-order valence-corrected chi connectivity index (χ3v) is 12.2. The van der Waals surface area contributed by atoms with Crippen molar-refractivity contribution in [1.29, 1.82) is 0 Å². The lowest BCUT2D eigenvalue weighted by molar-refractivity contribution is -0.167. The predicted molar refractivity (Wildman–Crippen MR) is 266 cm³/mol. The fraction of sp³-hybridized carbons (Fsp3) is 0.875. The molecule has 364 valence electrons. The molecule has 0 amide bonds. The maximum atomic E-state index is 12.8. The lowest BCUT2D eigenvalue weighted by atomic mass is 10.0. The molecule has 1 atom stereocenters. The van der Waals surface area contributed by atoms with Crippen molar-refractivity contribution >= 4 is 17.9 Å². The molecule has 1 unspecified atom stereocenters. The van der Waals surface area contributed by atoms with Crippen molar-refractivity contribution in [2.45, 2.75) is 303 Å². The first-order valence-electron chi connectivity index (χ1n) is 27.3. The number of unbranched alkanes of at least 4 members (excludes halogenated alkanes) is 35. The van der Waals surface area contributed by atoms with Crippen molar-refractivity contribution in [2.24, 2.45) is 0 Å². The van der Waals surface area contributed by atoms with E-state index in [-0.39, 0.29) is 31.1 Å². The van der Waals surface area contributed by atoms with Gasteiger partial charge in [0, 0.05) is 19.3 Å². The van der Waals surface area contributed by atoms with E-state index in [1.807, 2.05) is 0 Å². The molecule has 0 aromatic heterocycles. The van der Waals surface area contributed by atoms with Gasteiger partial charge in [-0.3, -0.25) is 14.4 Å². The second kappa shape index (κ2) is 51.5. The Kier molecular flexibility index (Phi) is 49.8. The lowest BCUT2D eigenvalue weighted by Crippen LogP contribution is -2.30. The predicted octanol–water partition coefficient (Wildman–Crippen LogP) is 17.9. The van der Waals surface area contributed by atoms with Crippen LogP contribution >= 0.6 is 0 Å². The second-order valence-corrected chi connectivity index (χ2v) is 18.5. The van der Waals surface area contributed by atoms with Crippen molar-refractivity contribution < 1.29 is 28.6 Å². The van der Waals surface area contributed by atoms with Crippen molar-refractivity contribution in [3.8, 4) is 0 Å². The number of carbonyl (C=O) groups excluding carboxylic acids is 3. The molecule has 0 saturated carbocycles. The van der Waals surface area contributed by atoms with Crippen molar-refractivity contribution in [2.75, 3.05) is 13.2 Å². The number of hydrogen-bond acceptors (Lipinski definition) is 6. The summed E-state index contributed by atoms with van der Waals surface area (Å²) in [5.74, 6) is -0.879. The quantitative estimate of drug-likeness (QED) is 0.0262. The summed E-state index contributed by atoms with van der Waals surface area (Å²) in [6.07, 6.45) is 58.9. The highest BCUT2D eigenvalue weighted by molar-refractivity contribution is 5.71. The van der Waals surface area contributed by atoms with E-state index in [0.717, 1.165) is 70.6 Å². The lowest BCUT2D eigenvalue weighted by Gasteiger charge is -2.18. The molecular weight excluding hydrogens is 769 g/mol. The van der Waals surface area contributed by atoms with Gasteiger partial charge < -0.3 is 14.2 Å². The summed E-state index contributed by atoms with van der Waals surface area (Å²) in [7, 11) is 0. The Hall–Kier alpha value is -2.11. The van der Waals surface area contributed by atoms with Crippen molar-refractivity contribution in [3.05, 3.63) is 24.3 Å². The monoisotopic (exact) mass is 873 g/mol. The van der Waals surface area contributed by atoms with Crippen molar-refractivity contribution in [1.82, 2.24) is 0 Å². The molecule has 0 aromatic carbocycles. The van der Waals surface area contributed by atoms with Crippen LogP contribution in [0.3, 0.4) is 0 Å². The van der Waals surface area contributed by atoms with Gasteiger partial charge in [0.25, 0.3) is 0 Å². The number of allylic oxidation sites excluding steroid dienone is 4. The third-order valence-electron chi connectivity index (χ3n) is 12.2. The molecule has 0 bridgehead atoms. The van der Waals surface area contributed by atoms with Gasteiger partial charge in [0.15, 0.2) is 6.10 Å². The minimum atomic E-state index is -0.774. The van der Waals surface area contributed by atoms with Crippen LogP contribution in [0.4, 0.5) is 0 Å². The highest BCUT2D eigenvalue weighted by Crippen LogP contribution is 2.17. The molecule has 6 heteroatoms. The summed E-state index contributed by atoms with van der Waals surface area (Å²) < 4.78 is 16.8. The molecule has 0 radical (unpaired) electrons. The van der Waals surface area contributed by atoms with Gasteiger partial charge in [-0.05, 0) is 64.2 Å². The van der Waals surface area contributed by atoms with E-state index in [0.29, 0.717) is 19.3 Å². The van der Waals surface area contributed by atoms with Gasteiger partial charge in [-0.1, -0.05) is 238 Å². The molecule has 62 heavy (non-hydrogen) atoms. The SMILES string of the molecule is CCCC/C=C\CCCCCCCC(=O)OCC(COC(=O)CCCCCCCCCCCCCCCCCCCCCCC)OC(=O)CCCCCCC/C=C\CCCCC. The Bertz CT molecular complexity index is 1000. The summed E-state index contributed by atoms with van der Waals surface area (Å²) in [6, 6.07) is 0. The Morgan fingerprint density at radius 3 is 0.887 bits per heavy atom. The number of hydrogen-bond donors (Lipinski definition) is 0. The fourth-order valence-corrected chi connectivity index (χ4v) is 8.01. The molecule has 0 fully saturated rings. The summed E-state index contributed by atoms with van der Waals surface area (Å²) >= 11 is 0. The number of carbonyl (C=O) groups is 3. The van der Waals surface area contributed by atoms with Gasteiger partial charge >= 0.3 is 17.9 Å². The summed E-state index contributed by atoms with van der Waals surface area (Å²) in [5, 5.41) is 0. The molecule has 0 aliphatic rings. The molecule has 6 nitrogen and oxygen atoms in total. The topological polar surface area (TPSA) is 78.9 Å². The summed E-state index contributed by atoms with van der Waals surface area (Å²) in [5.41, 5.74) is 0. The van der Waals surface area contributed by atoms with Crippen LogP contribution in [0.5, 0.6) is 0 Å². The van der Waals surface area contributed by atoms with Crippen LogP contribution in [0, 0.1) is 0 Å². The Balaban J connectivity index is 4.23. The molecule has 0 saturated heterocycles. The minimum Gasteiger partial charge on any atom is -0.462 e. The van der Waals surface area contributed by atoms with Gasteiger partial charge in [-0.25, -0.2) is 0 Å². The van der Waals surface area contributed by atoms with E-state index in [9.17, 15) is 14.4 Å². The number of esters is 3. The van der Waals surface area contributed by atoms with E-state index in [4.69, 9.17) is 14.2 Å². The molecule has 0 aliphatic heterocycles. The Morgan fingerprint density at radius 1 is 0.306 bits per heavy atom. The van der Waals surface area contributed by atoms with E-state index in [1.54, 1.807) is 0 Å². The third kappa shape index (κ3) is 48.9. The van der Waals surface area contributed by atoms with Gasteiger partial charge in [0.05, 0.1) is 0 Å². The van der Waals surface area contributed by atoms with Crippen LogP contribution < -0.4 is 0 Å². The molecule has 0 aromatic rings. The average Bonchev–Trinajstić information content (AvgIpc) is 3.27. The molecule has 0 heterocycles. The molecule has 0 aliphatic carbocycles. The first-order valence-corrected chi connectivity index (χ1v) is 27.3. The molecule has 0 N–H and O–H groups in total. The highest BCUT2D eigenvalue weighted by Gasteiger charge is 2.19. The normalized spacial score (nSPS) is 12.1. The van der Waals surface area contributed by atoms with Crippen LogP contribution in [0.15, 0.2) is 24.3 Å². The largest absolute Gasteiger partial charge is 0.462 e. The maximum absolute atomic E-state index is 12.8. The first-order chi connectivity index (χ1) is 30.5. The maximum Gasteiger partial charge on any atom is 0.306 e. The van der Waals surface area contributed by atoms with Gasteiger partial charge in [0.1, 0.15) is 13.2 Å². The molecule has 0 rings (SSSR count). The van der Waals surface area contributed by atoms with Crippen LogP contribution in [0.25, 0.3) is 0 Å². The second-order valence-electron chi connectivity index (χ2n) is 18.5. The van der Waals surface area contributed by atoms with Crippen LogP contribution in [-0.4, -0.2) is 37.2 Å². The van der Waals surface area contributed by atoms with Gasteiger partial charge in [-0.15, -0.1) is 0 Å². The summed E-state index contributed by atoms with van der Waals surface area (Å²) in [6.45, 7) is 6.60. The zero-order valence-corrected chi connectivity index (χ0v) is 41.7. The van der Waals surface area contributed by atoms with E-state index >= 15 is 0 Å². The van der Waals surface area contributed by atoms with Crippen LogP contribution in [-0.2, 0) is 28.6 Å². The smallest absolute Gasteiger partial charge is 0.306 e. The zero-order chi connectivity index (χ0) is 45.1.